The van der Waals surface area contributed by atoms with Crippen molar-refractivity contribution in [1.29, 1.82) is 0 Å². The SMILES string of the molecule is COc1c(C)cc(CN(C)c2cc(N3CCOCC3)ncn2)cc1C. The topological polar surface area (TPSA) is 50.7 Å². The second-order valence-electron chi connectivity index (χ2n) is 6.45. The summed E-state index contributed by atoms with van der Waals surface area (Å²) in [6.07, 6.45) is 1.64. The molecule has 0 N–H and O–H groups in total. The lowest BCUT2D eigenvalue weighted by Crippen LogP contribution is -2.36. The largest absolute Gasteiger partial charge is 0.496 e. The molecule has 3 rings (SSSR count). The smallest absolute Gasteiger partial charge is 0.134 e. The highest BCUT2D eigenvalue weighted by molar-refractivity contribution is 5.51. The first kappa shape index (κ1) is 17.5. The summed E-state index contributed by atoms with van der Waals surface area (Å²) in [6.45, 7) is 8.19. The first-order valence-corrected chi connectivity index (χ1v) is 8.58. The van der Waals surface area contributed by atoms with Crippen LogP contribution in [0.3, 0.4) is 0 Å². The fourth-order valence-electron chi connectivity index (χ4n) is 3.32. The van der Waals surface area contributed by atoms with Crippen LogP contribution < -0.4 is 14.5 Å². The molecule has 1 aromatic carbocycles. The third-order valence-corrected chi connectivity index (χ3v) is 4.51. The number of hydrogen-bond donors (Lipinski definition) is 0. The van der Waals surface area contributed by atoms with E-state index in [0.717, 1.165) is 61.4 Å². The number of nitrogens with zero attached hydrogens (tertiary/aromatic N) is 4. The summed E-state index contributed by atoms with van der Waals surface area (Å²) in [7, 11) is 3.77. The van der Waals surface area contributed by atoms with Crippen molar-refractivity contribution in [1.82, 2.24) is 9.97 Å². The van der Waals surface area contributed by atoms with Crippen LogP contribution in [0, 0.1) is 13.8 Å². The van der Waals surface area contributed by atoms with E-state index < -0.39 is 0 Å². The summed E-state index contributed by atoms with van der Waals surface area (Å²) in [5, 5.41) is 0. The maximum absolute atomic E-state index is 5.45. The van der Waals surface area contributed by atoms with Gasteiger partial charge in [-0.2, -0.15) is 0 Å². The molecule has 0 saturated carbocycles. The molecular weight excluding hydrogens is 316 g/mol. The Morgan fingerprint density at radius 2 is 1.80 bits per heavy atom. The van der Waals surface area contributed by atoms with Gasteiger partial charge in [-0.05, 0) is 30.5 Å². The molecule has 1 fully saturated rings. The summed E-state index contributed by atoms with van der Waals surface area (Å²) in [5.74, 6) is 2.84. The van der Waals surface area contributed by atoms with Gasteiger partial charge in [0.25, 0.3) is 0 Å². The standard InChI is InChI=1S/C19H26N4O2/c1-14-9-16(10-15(2)19(14)24-4)12-22(3)17-11-18(21-13-20-17)23-5-7-25-8-6-23/h9-11,13H,5-8,12H2,1-4H3. The number of aromatic nitrogens is 2. The van der Waals surface area contributed by atoms with Gasteiger partial charge in [0.1, 0.15) is 23.7 Å². The fraction of sp³-hybridized carbons (Fsp3) is 0.474. The number of hydrogen-bond acceptors (Lipinski definition) is 6. The summed E-state index contributed by atoms with van der Waals surface area (Å²) < 4.78 is 10.9. The van der Waals surface area contributed by atoms with Gasteiger partial charge in [0, 0.05) is 32.7 Å². The predicted molar refractivity (Wildman–Crippen MR) is 99.6 cm³/mol. The van der Waals surface area contributed by atoms with Gasteiger partial charge in [0.2, 0.25) is 0 Å². The van der Waals surface area contributed by atoms with Crippen molar-refractivity contribution in [2.24, 2.45) is 0 Å². The number of rotatable bonds is 5. The van der Waals surface area contributed by atoms with Crippen LogP contribution in [0.4, 0.5) is 11.6 Å². The molecule has 0 unspecified atom stereocenters. The molecule has 0 bridgehead atoms. The van der Waals surface area contributed by atoms with Crippen molar-refractivity contribution in [3.05, 3.63) is 41.2 Å². The number of aryl methyl sites for hydroxylation is 2. The Balaban J connectivity index is 1.76. The van der Waals surface area contributed by atoms with Gasteiger partial charge in [-0.1, -0.05) is 12.1 Å². The van der Waals surface area contributed by atoms with Gasteiger partial charge >= 0.3 is 0 Å². The molecule has 6 nitrogen and oxygen atoms in total. The summed E-state index contributed by atoms with van der Waals surface area (Å²) in [4.78, 5) is 13.2. The van der Waals surface area contributed by atoms with Crippen LogP contribution in [0.2, 0.25) is 0 Å². The quantitative estimate of drug-likeness (QED) is 0.832. The molecule has 0 radical (unpaired) electrons. The van der Waals surface area contributed by atoms with Crippen molar-refractivity contribution >= 4 is 11.6 Å². The van der Waals surface area contributed by atoms with E-state index >= 15 is 0 Å². The highest BCUT2D eigenvalue weighted by atomic mass is 16.5. The molecule has 0 amide bonds. The minimum absolute atomic E-state index is 0.750. The molecule has 134 valence electrons. The van der Waals surface area contributed by atoms with Gasteiger partial charge < -0.3 is 19.3 Å². The molecule has 2 aromatic rings. The first-order chi connectivity index (χ1) is 12.1. The second-order valence-corrected chi connectivity index (χ2v) is 6.45. The Labute approximate surface area is 149 Å². The third-order valence-electron chi connectivity index (χ3n) is 4.51. The van der Waals surface area contributed by atoms with Crippen molar-refractivity contribution in [2.75, 3.05) is 50.3 Å². The Hall–Kier alpha value is -2.34. The lowest BCUT2D eigenvalue weighted by Gasteiger charge is -2.28. The van der Waals surface area contributed by atoms with E-state index in [0.29, 0.717) is 0 Å². The summed E-state index contributed by atoms with van der Waals surface area (Å²) in [6, 6.07) is 6.40. The van der Waals surface area contributed by atoms with E-state index in [-0.39, 0.29) is 0 Å². The first-order valence-electron chi connectivity index (χ1n) is 8.58. The molecule has 1 aliphatic heterocycles. The Morgan fingerprint density at radius 3 is 2.44 bits per heavy atom. The maximum atomic E-state index is 5.45. The van der Waals surface area contributed by atoms with Crippen molar-refractivity contribution in [3.63, 3.8) is 0 Å². The molecule has 1 aliphatic rings. The molecule has 25 heavy (non-hydrogen) atoms. The van der Waals surface area contributed by atoms with E-state index in [9.17, 15) is 0 Å². The average molecular weight is 342 g/mol. The molecule has 0 spiro atoms. The molecule has 0 aliphatic carbocycles. The average Bonchev–Trinajstić information content (AvgIpc) is 2.62. The molecule has 0 atom stereocenters. The van der Waals surface area contributed by atoms with Crippen molar-refractivity contribution in [2.45, 2.75) is 20.4 Å². The second kappa shape index (κ2) is 7.70. The van der Waals surface area contributed by atoms with Crippen LogP contribution in [0.25, 0.3) is 0 Å². The molecular formula is C19H26N4O2. The van der Waals surface area contributed by atoms with E-state index in [1.54, 1.807) is 13.4 Å². The van der Waals surface area contributed by atoms with Crippen molar-refractivity contribution < 1.29 is 9.47 Å². The highest BCUT2D eigenvalue weighted by Gasteiger charge is 2.15. The number of morpholine rings is 1. The number of methoxy groups -OCH3 is 1. The Kier molecular flexibility index (Phi) is 5.38. The monoisotopic (exact) mass is 342 g/mol. The van der Waals surface area contributed by atoms with Gasteiger partial charge in [-0.15, -0.1) is 0 Å². The summed E-state index contributed by atoms with van der Waals surface area (Å²) >= 11 is 0. The van der Waals surface area contributed by atoms with E-state index in [4.69, 9.17) is 9.47 Å². The Bertz CT molecular complexity index is 706. The number of benzene rings is 1. The zero-order valence-electron chi connectivity index (χ0n) is 15.5. The fourth-order valence-corrected chi connectivity index (χ4v) is 3.32. The minimum atomic E-state index is 0.750. The lowest BCUT2D eigenvalue weighted by atomic mass is 10.1. The van der Waals surface area contributed by atoms with Crippen LogP contribution in [-0.2, 0) is 11.3 Å². The number of ether oxygens (including phenoxy) is 2. The van der Waals surface area contributed by atoms with Gasteiger partial charge in [-0.3, -0.25) is 0 Å². The highest BCUT2D eigenvalue weighted by Crippen LogP contribution is 2.26. The zero-order chi connectivity index (χ0) is 17.8. The predicted octanol–water partition coefficient (Wildman–Crippen LogP) is 2.58. The molecule has 1 aromatic heterocycles. The third kappa shape index (κ3) is 4.02. The van der Waals surface area contributed by atoms with Crippen LogP contribution in [0.15, 0.2) is 24.5 Å². The van der Waals surface area contributed by atoms with Crippen LogP contribution in [0.1, 0.15) is 16.7 Å². The van der Waals surface area contributed by atoms with Crippen LogP contribution >= 0.6 is 0 Å². The molecule has 6 heteroatoms. The lowest BCUT2D eigenvalue weighted by molar-refractivity contribution is 0.122. The normalized spacial score (nSPS) is 14.5. The summed E-state index contributed by atoms with van der Waals surface area (Å²) in [5.41, 5.74) is 3.55. The van der Waals surface area contributed by atoms with Crippen LogP contribution in [-0.4, -0.2) is 50.4 Å². The van der Waals surface area contributed by atoms with Gasteiger partial charge in [-0.25, -0.2) is 9.97 Å². The van der Waals surface area contributed by atoms with Gasteiger partial charge in [0.05, 0.1) is 20.3 Å². The van der Waals surface area contributed by atoms with E-state index in [1.807, 2.05) is 0 Å². The Morgan fingerprint density at radius 1 is 1.12 bits per heavy atom. The number of anilines is 2. The molecule has 1 saturated heterocycles. The zero-order valence-corrected chi connectivity index (χ0v) is 15.5. The van der Waals surface area contributed by atoms with Crippen molar-refractivity contribution in [3.8, 4) is 5.75 Å². The minimum Gasteiger partial charge on any atom is -0.496 e. The van der Waals surface area contributed by atoms with E-state index in [1.165, 1.54) is 5.56 Å². The van der Waals surface area contributed by atoms with Gasteiger partial charge in [0.15, 0.2) is 0 Å². The van der Waals surface area contributed by atoms with Crippen LogP contribution in [0.5, 0.6) is 5.75 Å². The molecule has 2 heterocycles. The van der Waals surface area contributed by atoms with E-state index in [2.05, 4.69) is 58.9 Å². The maximum Gasteiger partial charge on any atom is 0.134 e.